The van der Waals surface area contributed by atoms with Crippen LogP contribution in [0.1, 0.15) is 39.2 Å². The molecule has 1 aliphatic heterocycles. The molecule has 0 bridgehead atoms. The highest BCUT2D eigenvalue weighted by atomic mass is 32.1. The molecule has 0 aliphatic carbocycles. The Balaban J connectivity index is 1.96. The first-order valence-corrected chi connectivity index (χ1v) is 7.54. The summed E-state index contributed by atoms with van der Waals surface area (Å²) >= 11 is 1.48. The number of amides is 1. The van der Waals surface area contributed by atoms with Gasteiger partial charge in [0, 0.05) is 17.7 Å². The molecular weight excluding hydrogens is 270 g/mol. The van der Waals surface area contributed by atoms with Gasteiger partial charge in [0.1, 0.15) is 0 Å². The second kappa shape index (κ2) is 5.21. The van der Waals surface area contributed by atoms with Gasteiger partial charge >= 0.3 is 0 Å². The van der Waals surface area contributed by atoms with Crippen LogP contribution in [0.2, 0.25) is 0 Å². The first kappa shape index (κ1) is 13.1. The Morgan fingerprint density at radius 1 is 1.25 bits per heavy atom. The molecule has 0 unspecified atom stereocenters. The minimum absolute atomic E-state index is 0.0527. The van der Waals surface area contributed by atoms with Crippen molar-refractivity contribution >= 4 is 28.7 Å². The fraction of sp³-hybridized carbons (Fsp3) is 0.250. The number of benzene rings is 1. The molecule has 0 spiro atoms. The molecule has 3 nitrogen and oxygen atoms in total. The first-order valence-electron chi connectivity index (χ1n) is 6.67. The predicted octanol–water partition coefficient (Wildman–Crippen LogP) is 3.56. The third kappa shape index (κ3) is 2.39. The van der Waals surface area contributed by atoms with Gasteiger partial charge in [-0.1, -0.05) is 0 Å². The van der Waals surface area contributed by atoms with Crippen molar-refractivity contribution in [3.8, 4) is 0 Å². The van der Waals surface area contributed by atoms with Crippen molar-refractivity contribution in [2.75, 3.05) is 5.32 Å². The van der Waals surface area contributed by atoms with Crippen LogP contribution < -0.4 is 5.32 Å². The van der Waals surface area contributed by atoms with Crippen molar-refractivity contribution in [2.24, 2.45) is 0 Å². The van der Waals surface area contributed by atoms with Crippen LogP contribution in [0.15, 0.2) is 29.6 Å². The molecule has 0 saturated heterocycles. The van der Waals surface area contributed by atoms with Crippen LogP contribution >= 0.6 is 11.3 Å². The van der Waals surface area contributed by atoms with Crippen LogP contribution in [-0.4, -0.2) is 11.7 Å². The molecule has 2 aromatic rings. The highest BCUT2D eigenvalue weighted by Crippen LogP contribution is 2.26. The van der Waals surface area contributed by atoms with Crippen molar-refractivity contribution in [1.29, 1.82) is 0 Å². The summed E-state index contributed by atoms with van der Waals surface area (Å²) in [6.45, 7) is 1.95. The normalized spacial score (nSPS) is 14.3. The van der Waals surface area contributed by atoms with E-state index >= 15 is 0 Å². The van der Waals surface area contributed by atoms with Crippen LogP contribution in [0.5, 0.6) is 0 Å². The van der Waals surface area contributed by atoms with Crippen molar-refractivity contribution in [1.82, 2.24) is 0 Å². The quantitative estimate of drug-likeness (QED) is 0.857. The molecule has 1 aromatic carbocycles. The van der Waals surface area contributed by atoms with E-state index in [2.05, 4.69) is 5.32 Å². The number of nitrogens with one attached hydrogen (secondary N) is 1. The monoisotopic (exact) mass is 285 g/mol. The zero-order valence-corrected chi connectivity index (χ0v) is 12.0. The summed E-state index contributed by atoms with van der Waals surface area (Å²) in [6, 6.07) is 7.52. The van der Waals surface area contributed by atoms with Crippen molar-refractivity contribution in [2.45, 2.75) is 26.2 Å². The fourth-order valence-electron chi connectivity index (χ4n) is 2.45. The Morgan fingerprint density at radius 3 is 2.85 bits per heavy atom. The van der Waals surface area contributed by atoms with Crippen molar-refractivity contribution < 1.29 is 9.59 Å². The minimum Gasteiger partial charge on any atom is -0.326 e. The van der Waals surface area contributed by atoms with Crippen LogP contribution in [-0.2, 0) is 11.2 Å². The molecule has 4 heteroatoms. The van der Waals surface area contributed by atoms with E-state index in [1.807, 2.05) is 30.5 Å². The van der Waals surface area contributed by atoms with E-state index in [-0.39, 0.29) is 11.7 Å². The van der Waals surface area contributed by atoms with Crippen LogP contribution in [0.25, 0.3) is 0 Å². The van der Waals surface area contributed by atoms with Gasteiger partial charge in [-0.25, -0.2) is 0 Å². The van der Waals surface area contributed by atoms with Crippen LogP contribution in [0.3, 0.4) is 0 Å². The molecule has 3 rings (SSSR count). The van der Waals surface area contributed by atoms with Gasteiger partial charge in [-0.3, -0.25) is 9.59 Å². The number of thiophene rings is 1. The SMILES string of the molecule is Cc1ccsc1C(=O)c1ccc2c(c1)CCCC(=O)N2. The zero-order chi connectivity index (χ0) is 14.1. The predicted molar refractivity (Wildman–Crippen MR) is 80.5 cm³/mol. The number of hydrogen-bond donors (Lipinski definition) is 1. The average molecular weight is 285 g/mol. The fourth-order valence-corrected chi connectivity index (χ4v) is 3.34. The molecule has 1 aromatic heterocycles. The Kier molecular flexibility index (Phi) is 3.40. The van der Waals surface area contributed by atoms with E-state index in [9.17, 15) is 9.59 Å². The highest BCUT2D eigenvalue weighted by molar-refractivity contribution is 7.12. The first-order chi connectivity index (χ1) is 9.65. The largest absolute Gasteiger partial charge is 0.326 e. The molecule has 1 amide bonds. The third-order valence-corrected chi connectivity index (χ3v) is 4.58. The number of hydrogen-bond acceptors (Lipinski definition) is 3. The van der Waals surface area contributed by atoms with Gasteiger partial charge in [-0.15, -0.1) is 11.3 Å². The Bertz CT molecular complexity index is 688. The summed E-state index contributed by atoms with van der Waals surface area (Å²) in [6.07, 6.45) is 2.20. The summed E-state index contributed by atoms with van der Waals surface area (Å²) in [5, 5.41) is 4.82. The lowest BCUT2D eigenvalue weighted by molar-refractivity contribution is -0.116. The van der Waals surface area contributed by atoms with Gasteiger partial charge in [0.15, 0.2) is 0 Å². The van der Waals surface area contributed by atoms with Gasteiger partial charge in [0.25, 0.3) is 0 Å². The topological polar surface area (TPSA) is 46.2 Å². The number of fused-ring (bicyclic) bond motifs is 1. The highest BCUT2D eigenvalue weighted by Gasteiger charge is 2.17. The van der Waals surface area contributed by atoms with E-state index in [0.717, 1.165) is 34.5 Å². The van der Waals surface area contributed by atoms with E-state index in [4.69, 9.17) is 0 Å². The van der Waals surface area contributed by atoms with Gasteiger partial charge in [-0.05, 0) is 60.5 Å². The summed E-state index contributed by atoms with van der Waals surface area (Å²) in [5.41, 5.74) is 3.61. The molecule has 1 aliphatic rings. The Morgan fingerprint density at radius 2 is 2.10 bits per heavy atom. The molecular formula is C16H15NO2S. The lowest BCUT2D eigenvalue weighted by Crippen LogP contribution is -2.09. The molecule has 1 N–H and O–H groups in total. The zero-order valence-electron chi connectivity index (χ0n) is 11.2. The molecule has 2 heterocycles. The maximum absolute atomic E-state index is 12.5. The van der Waals surface area contributed by atoms with Crippen molar-refractivity contribution in [3.05, 3.63) is 51.2 Å². The number of aryl methyl sites for hydroxylation is 2. The second-order valence-electron chi connectivity index (χ2n) is 5.04. The average Bonchev–Trinajstić information content (AvgIpc) is 2.76. The molecule has 102 valence electrons. The van der Waals surface area contributed by atoms with E-state index in [1.54, 1.807) is 6.07 Å². The van der Waals surface area contributed by atoms with Gasteiger partial charge < -0.3 is 5.32 Å². The maximum Gasteiger partial charge on any atom is 0.224 e. The standard InChI is InChI=1S/C16H15NO2S/c1-10-7-8-20-16(10)15(19)12-5-6-13-11(9-12)3-2-4-14(18)17-13/h5-9H,2-4H2,1H3,(H,17,18). The molecule has 0 radical (unpaired) electrons. The summed E-state index contributed by atoms with van der Waals surface area (Å²) in [4.78, 5) is 24.8. The third-order valence-electron chi connectivity index (χ3n) is 3.56. The van der Waals surface area contributed by atoms with Gasteiger partial charge in [-0.2, -0.15) is 0 Å². The summed E-state index contributed by atoms with van der Waals surface area (Å²) < 4.78 is 0. The Hall–Kier alpha value is -1.94. The minimum atomic E-state index is 0.0527. The van der Waals surface area contributed by atoms with Crippen LogP contribution in [0, 0.1) is 6.92 Å². The van der Waals surface area contributed by atoms with E-state index < -0.39 is 0 Å². The molecule has 20 heavy (non-hydrogen) atoms. The number of ketones is 1. The molecule has 0 fully saturated rings. The van der Waals surface area contributed by atoms with E-state index in [0.29, 0.717) is 12.0 Å². The smallest absolute Gasteiger partial charge is 0.224 e. The number of carbonyl (C=O) groups is 2. The lowest BCUT2D eigenvalue weighted by Gasteiger charge is -2.08. The number of carbonyl (C=O) groups excluding carboxylic acids is 2. The van der Waals surface area contributed by atoms with Crippen molar-refractivity contribution in [3.63, 3.8) is 0 Å². The van der Waals surface area contributed by atoms with Gasteiger partial charge in [0.2, 0.25) is 11.7 Å². The second-order valence-corrected chi connectivity index (χ2v) is 5.95. The van der Waals surface area contributed by atoms with E-state index in [1.165, 1.54) is 11.3 Å². The molecule has 0 saturated carbocycles. The summed E-state index contributed by atoms with van der Waals surface area (Å²) in [7, 11) is 0. The number of anilines is 1. The van der Waals surface area contributed by atoms with Gasteiger partial charge in [0.05, 0.1) is 4.88 Å². The molecule has 0 atom stereocenters. The summed E-state index contributed by atoms with van der Waals surface area (Å²) in [5.74, 6) is 0.118. The lowest BCUT2D eigenvalue weighted by atomic mass is 10.0. The number of rotatable bonds is 2. The Labute approximate surface area is 121 Å². The maximum atomic E-state index is 12.5. The van der Waals surface area contributed by atoms with Crippen LogP contribution in [0.4, 0.5) is 5.69 Å².